The molecule has 3 rings (SSSR count). The van der Waals surface area contributed by atoms with Gasteiger partial charge in [0.25, 0.3) is 0 Å². The maximum absolute atomic E-state index is 12.2. The van der Waals surface area contributed by atoms with E-state index in [2.05, 4.69) is 33.3 Å². The average molecular weight is 343 g/mol. The lowest BCUT2D eigenvalue weighted by molar-refractivity contribution is -0.126. The van der Waals surface area contributed by atoms with E-state index in [0.29, 0.717) is 0 Å². The molecule has 0 atom stereocenters. The van der Waals surface area contributed by atoms with Gasteiger partial charge in [-0.15, -0.1) is 0 Å². The Morgan fingerprint density at radius 1 is 1.36 bits per heavy atom. The van der Waals surface area contributed by atoms with Gasteiger partial charge in [-0.3, -0.25) is 14.4 Å². The zero-order valence-corrected chi connectivity index (χ0v) is 15.6. The van der Waals surface area contributed by atoms with Crippen LogP contribution in [0.15, 0.2) is 12.3 Å². The first-order valence-corrected chi connectivity index (χ1v) is 9.36. The van der Waals surface area contributed by atoms with E-state index in [-0.39, 0.29) is 11.8 Å². The highest BCUT2D eigenvalue weighted by Crippen LogP contribution is 2.21. The fourth-order valence-corrected chi connectivity index (χ4v) is 3.58. The van der Waals surface area contributed by atoms with Crippen LogP contribution in [0.1, 0.15) is 43.9 Å². The Kier molecular flexibility index (Phi) is 5.68. The standard InChI is InChI=1S/C19H29N5O/c1-4-5-8-20-19(25)16-6-9-24(10-7-16)13-15-11-17-14(2)22-23(3)18(17)21-12-15/h11-12,16H,4-10,13H2,1-3H3,(H,20,25). The maximum atomic E-state index is 12.2. The molecular weight excluding hydrogens is 314 g/mol. The van der Waals surface area contributed by atoms with Crippen molar-refractivity contribution in [3.8, 4) is 0 Å². The Morgan fingerprint density at radius 3 is 2.84 bits per heavy atom. The maximum Gasteiger partial charge on any atom is 0.223 e. The summed E-state index contributed by atoms with van der Waals surface area (Å²) in [6, 6.07) is 2.20. The van der Waals surface area contributed by atoms with E-state index in [0.717, 1.165) is 68.6 Å². The molecule has 25 heavy (non-hydrogen) atoms. The zero-order chi connectivity index (χ0) is 17.8. The van der Waals surface area contributed by atoms with Crippen molar-refractivity contribution in [2.45, 2.75) is 46.1 Å². The molecule has 2 aromatic heterocycles. The lowest BCUT2D eigenvalue weighted by Gasteiger charge is -2.31. The smallest absolute Gasteiger partial charge is 0.223 e. The van der Waals surface area contributed by atoms with Crippen LogP contribution in [0.2, 0.25) is 0 Å². The van der Waals surface area contributed by atoms with Crippen LogP contribution < -0.4 is 5.32 Å². The molecule has 136 valence electrons. The predicted molar refractivity (Wildman–Crippen MR) is 99.2 cm³/mol. The molecule has 0 spiro atoms. The molecule has 6 nitrogen and oxygen atoms in total. The van der Waals surface area contributed by atoms with Gasteiger partial charge < -0.3 is 5.32 Å². The van der Waals surface area contributed by atoms with E-state index in [9.17, 15) is 4.79 Å². The number of hydrogen-bond acceptors (Lipinski definition) is 4. The number of unbranched alkanes of at least 4 members (excludes halogenated alkanes) is 1. The van der Waals surface area contributed by atoms with E-state index < -0.39 is 0 Å². The van der Waals surface area contributed by atoms with Crippen molar-refractivity contribution in [1.29, 1.82) is 0 Å². The molecule has 3 heterocycles. The highest BCUT2D eigenvalue weighted by Gasteiger charge is 2.24. The third-order valence-corrected chi connectivity index (χ3v) is 5.11. The molecule has 1 aliphatic heterocycles. The van der Waals surface area contributed by atoms with Crippen molar-refractivity contribution in [3.63, 3.8) is 0 Å². The number of carbonyl (C=O) groups excluding carboxylic acids is 1. The van der Waals surface area contributed by atoms with Gasteiger partial charge in [0.1, 0.15) is 0 Å². The fourth-order valence-electron chi connectivity index (χ4n) is 3.58. The van der Waals surface area contributed by atoms with Crippen LogP contribution in [0.3, 0.4) is 0 Å². The molecule has 0 radical (unpaired) electrons. The highest BCUT2D eigenvalue weighted by molar-refractivity contribution is 5.79. The van der Waals surface area contributed by atoms with E-state index in [4.69, 9.17) is 0 Å². The third kappa shape index (κ3) is 4.18. The highest BCUT2D eigenvalue weighted by atomic mass is 16.1. The van der Waals surface area contributed by atoms with Gasteiger partial charge in [-0.05, 0) is 50.9 Å². The monoisotopic (exact) mass is 343 g/mol. The first-order chi connectivity index (χ1) is 12.1. The van der Waals surface area contributed by atoms with Gasteiger partial charge in [0.15, 0.2) is 5.65 Å². The lowest BCUT2D eigenvalue weighted by atomic mass is 9.95. The molecule has 1 fully saturated rings. The Balaban J connectivity index is 1.54. The van der Waals surface area contributed by atoms with Crippen molar-refractivity contribution >= 4 is 16.9 Å². The number of aryl methyl sites for hydroxylation is 2. The summed E-state index contributed by atoms with van der Waals surface area (Å²) >= 11 is 0. The Hall–Kier alpha value is -1.95. The van der Waals surface area contributed by atoms with E-state index in [1.54, 1.807) is 0 Å². The van der Waals surface area contributed by atoms with Crippen molar-refractivity contribution in [1.82, 2.24) is 25.0 Å². The average Bonchev–Trinajstić information content (AvgIpc) is 2.89. The van der Waals surface area contributed by atoms with Crippen molar-refractivity contribution < 1.29 is 4.79 Å². The minimum atomic E-state index is 0.175. The van der Waals surface area contributed by atoms with E-state index in [1.807, 2.05) is 24.9 Å². The second kappa shape index (κ2) is 7.95. The fraction of sp³-hybridized carbons (Fsp3) is 0.632. The minimum absolute atomic E-state index is 0.175. The molecule has 2 aromatic rings. The Morgan fingerprint density at radius 2 is 2.12 bits per heavy atom. The predicted octanol–water partition coefficient (Wildman–Crippen LogP) is 2.41. The zero-order valence-electron chi connectivity index (χ0n) is 15.6. The van der Waals surface area contributed by atoms with Gasteiger partial charge in [0.05, 0.1) is 5.69 Å². The number of carbonyl (C=O) groups is 1. The number of amides is 1. The van der Waals surface area contributed by atoms with Crippen LogP contribution in [0, 0.1) is 12.8 Å². The summed E-state index contributed by atoms with van der Waals surface area (Å²) in [6.45, 7) is 7.80. The van der Waals surface area contributed by atoms with Gasteiger partial charge in [-0.25, -0.2) is 4.98 Å². The largest absolute Gasteiger partial charge is 0.356 e. The second-order valence-electron chi connectivity index (χ2n) is 7.12. The summed E-state index contributed by atoms with van der Waals surface area (Å²) in [6.07, 6.45) is 6.02. The molecule has 0 aliphatic carbocycles. The summed E-state index contributed by atoms with van der Waals surface area (Å²) < 4.78 is 1.83. The molecule has 6 heteroatoms. The topological polar surface area (TPSA) is 63.1 Å². The number of piperidine rings is 1. The quantitative estimate of drug-likeness (QED) is 0.818. The molecule has 0 aromatic carbocycles. The van der Waals surface area contributed by atoms with Crippen LogP contribution in [0.5, 0.6) is 0 Å². The molecular formula is C19H29N5O. The Bertz CT molecular complexity index is 731. The van der Waals surface area contributed by atoms with E-state index in [1.165, 1.54) is 5.56 Å². The van der Waals surface area contributed by atoms with Crippen LogP contribution in [0.4, 0.5) is 0 Å². The second-order valence-corrected chi connectivity index (χ2v) is 7.12. The minimum Gasteiger partial charge on any atom is -0.356 e. The third-order valence-electron chi connectivity index (χ3n) is 5.11. The molecule has 0 unspecified atom stereocenters. The summed E-state index contributed by atoms with van der Waals surface area (Å²) in [5.41, 5.74) is 3.17. The molecule has 1 amide bonds. The summed E-state index contributed by atoms with van der Waals surface area (Å²) in [7, 11) is 1.93. The Labute approximate surface area is 149 Å². The van der Waals surface area contributed by atoms with Crippen molar-refractivity contribution in [3.05, 3.63) is 23.5 Å². The summed E-state index contributed by atoms with van der Waals surface area (Å²) in [5, 5.41) is 8.63. The summed E-state index contributed by atoms with van der Waals surface area (Å²) in [5.74, 6) is 0.413. The molecule has 0 saturated carbocycles. The number of rotatable bonds is 6. The SMILES string of the molecule is CCCCNC(=O)C1CCN(Cc2cnc3c(c2)c(C)nn3C)CC1. The van der Waals surface area contributed by atoms with Gasteiger partial charge in [0.2, 0.25) is 5.91 Å². The number of hydrogen-bond donors (Lipinski definition) is 1. The number of pyridine rings is 1. The van der Waals surface area contributed by atoms with Crippen molar-refractivity contribution in [2.24, 2.45) is 13.0 Å². The molecule has 1 saturated heterocycles. The van der Waals surface area contributed by atoms with Crippen LogP contribution >= 0.6 is 0 Å². The van der Waals surface area contributed by atoms with Gasteiger partial charge in [-0.2, -0.15) is 5.10 Å². The first kappa shape index (κ1) is 17.9. The van der Waals surface area contributed by atoms with E-state index >= 15 is 0 Å². The number of nitrogens with zero attached hydrogens (tertiary/aromatic N) is 4. The first-order valence-electron chi connectivity index (χ1n) is 9.36. The molecule has 1 aliphatic rings. The number of likely N-dealkylation sites (tertiary alicyclic amines) is 1. The van der Waals surface area contributed by atoms with Crippen molar-refractivity contribution in [2.75, 3.05) is 19.6 Å². The summed E-state index contributed by atoms with van der Waals surface area (Å²) in [4.78, 5) is 19.2. The number of aromatic nitrogens is 3. The molecule has 1 N–H and O–H groups in total. The van der Waals surface area contributed by atoms with Gasteiger partial charge in [-0.1, -0.05) is 13.3 Å². The van der Waals surface area contributed by atoms with Crippen LogP contribution in [0.25, 0.3) is 11.0 Å². The van der Waals surface area contributed by atoms with Crippen LogP contribution in [-0.4, -0.2) is 45.2 Å². The van der Waals surface area contributed by atoms with Gasteiger partial charge >= 0.3 is 0 Å². The number of fused-ring (bicyclic) bond motifs is 1. The lowest BCUT2D eigenvalue weighted by Crippen LogP contribution is -2.40. The normalized spacial score (nSPS) is 16.4. The molecule has 0 bridgehead atoms. The van der Waals surface area contributed by atoms with Gasteiger partial charge in [0, 0.05) is 37.6 Å². The van der Waals surface area contributed by atoms with Crippen LogP contribution in [-0.2, 0) is 18.4 Å². The number of nitrogens with one attached hydrogen (secondary N) is 1.